The molecule has 2 bridgehead atoms. The Morgan fingerprint density at radius 2 is 1.33 bits per heavy atom. The zero-order valence-corrected chi connectivity index (χ0v) is 30.4. The number of aromatic nitrogens is 1. The van der Waals surface area contributed by atoms with Gasteiger partial charge in [0.25, 0.3) is 0 Å². The van der Waals surface area contributed by atoms with Gasteiger partial charge in [-0.1, -0.05) is 146 Å². The van der Waals surface area contributed by atoms with E-state index in [0.717, 1.165) is 29.4 Å². The second kappa shape index (κ2) is 12.7. The van der Waals surface area contributed by atoms with Gasteiger partial charge in [-0.2, -0.15) is 5.26 Å². The molecule has 1 heterocycles. The standard InChI is InChI=1S/C53H38N2/c54-32-39-31-48-52(53-43-26-24-36-20-10-11-21-40(36)51(50(39)53)42-23-13-12-22-41(42)43)46-28-37(25-27-47(46)55-48)49-44(34-16-6-2-7-17-34)29-38(33-14-4-1-5-15-33)30-45(49)35-18-8-3-9-19-35/h2-4,6-31,41-43,51,55H,1,5H2/b26-24-. The lowest BCUT2D eigenvalue weighted by Gasteiger charge is -2.45. The van der Waals surface area contributed by atoms with Gasteiger partial charge in [0, 0.05) is 33.6 Å². The number of hydrogen-bond donors (Lipinski definition) is 1. The molecule has 4 atom stereocenters. The maximum Gasteiger partial charge on any atom is 0.0995 e. The number of hydrogen-bond acceptors (Lipinski definition) is 1. The van der Waals surface area contributed by atoms with Crippen molar-refractivity contribution in [1.82, 2.24) is 4.98 Å². The lowest BCUT2D eigenvalue weighted by molar-refractivity contribution is 0.366. The van der Waals surface area contributed by atoms with E-state index in [9.17, 15) is 5.26 Å². The second-order valence-electron chi connectivity index (χ2n) is 15.4. The molecule has 1 aromatic heterocycles. The van der Waals surface area contributed by atoms with Crippen molar-refractivity contribution in [2.24, 2.45) is 11.8 Å². The minimum absolute atomic E-state index is 0.0795. The molecule has 12 rings (SSSR count). The van der Waals surface area contributed by atoms with Crippen LogP contribution in [0.2, 0.25) is 0 Å². The van der Waals surface area contributed by atoms with Crippen LogP contribution >= 0.6 is 0 Å². The fourth-order valence-corrected chi connectivity index (χ4v) is 10.1. The first-order chi connectivity index (χ1) is 27.2. The third kappa shape index (κ3) is 5.00. The van der Waals surface area contributed by atoms with Crippen molar-refractivity contribution < 1.29 is 0 Å². The fourth-order valence-electron chi connectivity index (χ4n) is 10.1. The van der Waals surface area contributed by atoms with Crippen molar-refractivity contribution in [3.63, 3.8) is 0 Å². The van der Waals surface area contributed by atoms with Gasteiger partial charge >= 0.3 is 0 Å². The summed E-state index contributed by atoms with van der Waals surface area (Å²) < 4.78 is 0. The minimum atomic E-state index is 0.0795. The Labute approximate surface area is 321 Å². The highest BCUT2D eigenvalue weighted by atomic mass is 14.7. The monoisotopic (exact) mass is 702 g/mol. The molecule has 6 aromatic carbocycles. The number of nitriles is 1. The van der Waals surface area contributed by atoms with Crippen LogP contribution in [0.4, 0.5) is 0 Å². The molecule has 1 N–H and O–H groups in total. The summed E-state index contributed by atoms with van der Waals surface area (Å²) in [6, 6.07) is 47.1. The topological polar surface area (TPSA) is 39.6 Å². The average Bonchev–Trinajstić information content (AvgIpc) is 3.62. The van der Waals surface area contributed by atoms with Crippen molar-refractivity contribution in [1.29, 1.82) is 5.26 Å². The Kier molecular flexibility index (Phi) is 7.36. The van der Waals surface area contributed by atoms with Crippen LogP contribution in [0.25, 0.3) is 66.8 Å². The Hall–Kier alpha value is -6.69. The molecule has 0 saturated heterocycles. The van der Waals surface area contributed by atoms with E-state index in [4.69, 9.17) is 0 Å². The third-order valence-corrected chi connectivity index (χ3v) is 12.5. The highest BCUT2D eigenvalue weighted by Crippen LogP contribution is 2.57. The number of rotatable bonds is 4. The first-order valence-corrected chi connectivity index (χ1v) is 19.6. The van der Waals surface area contributed by atoms with Gasteiger partial charge in [0.1, 0.15) is 0 Å². The van der Waals surface area contributed by atoms with Crippen LogP contribution in [-0.2, 0) is 0 Å². The SMILES string of the molecule is N#Cc1cc2[nH]c3ccc(-c4c(-c5ccccc5)cc(C5=CCCC=C5)cc4-c4ccccc4)cc3c2c2c1C1c3ccccc3/C=C\C2C2C=CC=CC12. The second-order valence-corrected chi connectivity index (χ2v) is 15.4. The summed E-state index contributed by atoms with van der Waals surface area (Å²) in [7, 11) is 0. The first-order valence-electron chi connectivity index (χ1n) is 19.6. The smallest absolute Gasteiger partial charge is 0.0995 e. The molecule has 0 fully saturated rings. The lowest BCUT2D eigenvalue weighted by atomic mass is 9.58. The van der Waals surface area contributed by atoms with Gasteiger partial charge in [-0.15, -0.1) is 0 Å². The summed E-state index contributed by atoms with van der Waals surface area (Å²) >= 11 is 0. The highest BCUT2D eigenvalue weighted by molar-refractivity contribution is 6.13. The van der Waals surface area contributed by atoms with Gasteiger partial charge in [-0.25, -0.2) is 0 Å². The van der Waals surface area contributed by atoms with E-state index in [-0.39, 0.29) is 17.8 Å². The number of nitrogens with zero attached hydrogens (tertiary/aromatic N) is 1. The molecule has 4 unspecified atom stereocenters. The summed E-state index contributed by atoms with van der Waals surface area (Å²) in [6.45, 7) is 0. The van der Waals surface area contributed by atoms with Crippen molar-refractivity contribution in [2.45, 2.75) is 24.7 Å². The Morgan fingerprint density at radius 3 is 2.05 bits per heavy atom. The van der Waals surface area contributed by atoms with Crippen LogP contribution in [0.5, 0.6) is 0 Å². The van der Waals surface area contributed by atoms with Crippen molar-refractivity contribution in [2.75, 3.05) is 0 Å². The van der Waals surface area contributed by atoms with Crippen LogP contribution < -0.4 is 0 Å². The molecule has 0 spiro atoms. The summed E-state index contributed by atoms with van der Waals surface area (Å²) in [6.07, 6.45) is 23.1. The third-order valence-electron chi connectivity index (χ3n) is 12.5. The molecule has 0 amide bonds. The van der Waals surface area contributed by atoms with Crippen LogP contribution in [0, 0.1) is 23.2 Å². The van der Waals surface area contributed by atoms with Gasteiger partial charge < -0.3 is 4.98 Å². The molecule has 2 nitrogen and oxygen atoms in total. The fraction of sp³-hybridized carbons (Fsp3) is 0.113. The Bertz CT molecular complexity index is 2830. The predicted octanol–water partition coefficient (Wildman–Crippen LogP) is 13.5. The minimum Gasteiger partial charge on any atom is -0.354 e. The van der Waals surface area contributed by atoms with E-state index in [2.05, 4.69) is 187 Å². The van der Waals surface area contributed by atoms with Gasteiger partial charge in [-0.3, -0.25) is 0 Å². The van der Waals surface area contributed by atoms with Crippen LogP contribution in [0.15, 0.2) is 170 Å². The van der Waals surface area contributed by atoms with E-state index in [1.54, 1.807) is 0 Å². The molecule has 0 radical (unpaired) electrons. The van der Waals surface area contributed by atoms with Crippen LogP contribution in [-0.4, -0.2) is 4.98 Å². The van der Waals surface area contributed by atoms with Crippen molar-refractivity contribution in [3.8, 4) is 39.4 Å². The Morgan fingerprint density at radius 1 is 0.600 bits per heavy atom. The van der Waals surface area contributed by atoms with Gasteiger partial charge in [0.05, 0.1) is 11.6 Å². The number of allylic oxidation sites excluding steroid dienone is 9. The van der Waals surface area contributed by atoms with Gasteiger partial charge in [-0.05, 0) is 122 Å². The zero-order chi connectivity index (χ0) is 36.5. The first kappa shape index (κ1) is 31.8. The van der Waals surface area contributed by atoms with E-state index in [1.807, 2.05) is 0 Å². The molecular formula is C53H38N2. The number of nitrogens with one attached hydrogen (secondary N) is 1. The number of benzene rings is 6. The molecular weight excluding hydrogens is 665 g/mol. The number of H-pyrrole nitrogens is 1. The zero-order valence-electron chi connectivity index (χ0n) is 30.4. The van der Waals surface area contributed by atoms with E-state index in [0.29, 0.717) is 5.92 Å². The Balaban J connectivity index is 1.22. The molecule has 0 aliphatic heterocycles. The maximum absolute atomic E-state index is 10.8. The maximum atomic E-state index is 10.8. The quantitative estimate of drug-likeness (QED) is 0.195. The van der Waals surface area contributed by atoms with Crippen molar-refractivity contribution in [3.05, 3.63) is 203 Å². The molecule has 260 valence electrons. The van der Waals surface area contributed by atoms with Crippen molar-refractivity contribution >= 4 is 33.5 Å². The summed E-state index contributed by atoms with van der Waals surface area (Å²) in [5, 5.41) is 13.3. The molecule has 5 aliphatic carbocycles. The molecule has 7 aromatic rings. The summed E-state index contributed by atoms with van der Waals surface area (Å²) in [5.41, 5.74) is 17.7. The predicted molar refractivity (Wildman–Crippen MR) is 228 cm³/mol. The van der Waals surface area contributed by atoms with Gasteiger partial charge in [0.2, 0.25) is 0 Å². The summed E-state index contributed by atoms with van der Waals surface area (Å²) in [5.74, 6) is 0.770. The average molecular weight is 703 g/mol. The normalized spacial score (nSPS) is 21.0. The van der Waals surface area contributed by atoms with Crippen LogP contribution in [0.3, 0.4) is 0 Å². The van der Waals surface area contributed by atoms with E-state index >= 15 is 0 Å². The van der Waals surface area contributed by atoms with E-state index < -0.39 is 0 Å². The molecule has 55 heavy (non-hydrogen) atoms. The van der Waals surface area contributed by atoms with Crippen LogP contribution in [0.1, 0.15) is 58.1 Å². The van der Waals surface area contributed by atoms with Gasteiger partial charge in [0.15, 0.2) is 0 Å². The molecule has 0 saturated carbocycles. The largest absolute Gasteiger partial charge is 0.354 e. The molecule has 2 heteroatoms. The molecule has 5 aliphatic rings. The lowest BCUT2D eigenvalue weighted by Crippen LogP contribution is -2.34. The number of aromatic amines is 1. The van der Waals surface area contributed by atoms with E-state index in [1.165, 1.54) is 77.5 Å². The number of fused-ring (bicyclic) bond motifs is 3. The highest BCUT2D eigenvalue weighted by Gasteiger charge is 2.45. The summed E-state index contributed by atoms with van der Waals surface area (Å²) in [4.78, 5) is 3.79.